The van der Waals surface area contributed by atoms with E-state index in [4.69, 9.17) is 32.6 Å². The second kappa shape index (κ2) is 8.05. The van der Waals surface area contributed by atoms with Crippen LogP contribution in [-0.2, 0) is 10.2 Å². The van der Waals surface area contributed by atoms with E-state index in [1.54, 1.807) is 0 Å². The zero-order chi connectivity index (χ0) is 23.0. The summed E-state index contributed by atoms with van der Waals surface area (Å²) in [6, 6.07) is 3.85. The van der Waals surface area contributed by atoms with Gasteiger partial charge in [0.15, 0.2) is 0 Å². The Hall–Kier alpha value is -2.19. The first-order chi connectivity index (χ1) is 14.5. The lowest BCUT2D eigenvalue weighted by atomic mass is 10.1. The Morgan fingerprint density at radius 2 is 2.04 bits per heavy atom. The summed E-state index contributed by atoms with van der Waals surface area (Å²) in [6.45, 7) is -3.15. The molecule has 0 unspecified atom stereocenters. The van der Waals surface area contributed by atoms with E-state index in [9.17, 15) is 13.2 Å². The molecule has 0 radical (unpaired) electrons. The van der Waals surface area contributed by atoms with Crippen LogP contribution in [0.5, 0.6) is 0 Å². The van der Waals surface area contributed by atoms with Crippen LogP contribution in [0.25, 0.3) is 0 Å². The van der Waals surface area contributed by atoms with Gasteiger partial charge in [-0.3, -0.25) is 4.79 Å². The highest BCUT2D eigenvalue weighted by Crippen LogP contribution is 2.26. The zero-order valence-electron chi connectivity index (χ0n) is 17.3. The molecule has 1 saturated heterocycles. The standard InChI is InChI=1S/C16H16Cl2N6O3S/c1-22(14-3-2-11(8-19)9-20-14)28(26,27)23-6-4-12(5-7-23)24-16(25)15(18)13(17)10-21-24/h2-3,9-10,12H,4-7H2,1H3/i1D3. The molecule has 0 atom stereocenters. The quantitative estimate of drug-likeness (QED) is 0.709. The topological polar surface area (TPSA) is 112 Å². The number of anilines is 1. The SMILES string of the molecule is [2H]C([2H])([2H])N(c1ccc(C#N)cn1)S(=O)(=O)N1CCC(n2ncc(Cl)c(Cl)c2=O)CC1. The Labute approximate surface area is 176 Å². The maximum absolute atomic E-state index is 13.2. The van der Waals surface area contributed by atoms with Gasteiger partial charge < -0.3 is 0 Å². The zero-order valence-corrected chi connectivity index (χ0v) is 16.6. The lowest BCUT2D eigenvalue weighted by Gasteiger charge is -2.34. The van der Waals surface area contributed by atoms with Crippen LogP contribution in [0.1, 0.15) is 28.6 Å². The molecule has 3 rings (SSSR count). The highest BCUT2D eigenvalue weighted by Gasteiger charge is 2.33. The van der Waals surface area contributed by atoms with E-state index in [0.717, 1.165) is 21.3 Å². The van der Waals surface area contributed by atoms with Gasteiger partial charge in [0.2, 0.25) is 0 Å². The molecule has 2 aromatic rings. The molecule has 0 spiro atoms. The highest BCUT2D eigenvalue weighted by atomic mass is 35.5. The van der Waals surface area contributed by atoms with Gasteiger partial charge in [0.05, 0.1) is 22.8 Å². The van der Waals surface area contributed by atoms with Gasteiger partial charge in [-0.1, -0.05) is 23.2 Å². The Balaban J connectivity index is 1.85. The van der Waals surface area contributed by atoms with Gasteiger partial charge in [-0.2, -0.15) is 23.1 Å². The first kappa shape index (κ1) is 16.7. The van der Waals surface area contributed by atoms with E-state index in [1.807, 2.05) is 6.07 Å². The number of halogens is 2. The van der Waals surface area contributed by atoms with Crippen LogP contribution in [0.4, 0.5) is 5.82 Å². The number of hydrogen-bond donors (Lipinski definition) is 0. The maximum atomic E-state index is 13.2. The smallest absolute Gasteiger partial charge is 0.266 e. The Morgan fingerprint density at radius 3 is 2.61 bits per heavy atom. The summed E-state index contributed by atoms with van der Waals surface area (Å²) in [5.74, 6) is -0.330. The highest BCUT2D eigenvalue weighted by molar-refractivity contribution is 7.90. The molecule has 1 aliphatic rings. The van der Waals surface area contributed by atoms with Crippen LogP contribution < -0.4 is 9.86 Å². The lowest BCUT2D eigenvalue weighted by Crippen LogP contribution is -2.47. The summed E-state index contributed by atoms with van der Waals surface area (Å²) >= 11 is 11.7. The van der Waals surface area contributed by atoms with E-state index in [-0.39, 0.29) is 51.7 Å². The second-order valence-electron chi connectivity index (χ2n) is 5.98. The van der Waals surface area contributed by atoms with Crippen LogP contribution in [0.15, 0.2) is 29.3 Å². The molecule has 0 bridgehead atoms. The summed E-state index contributed by atoms with van der Waals surface area (Å²) in [4.78, 5) is 16.1. The molecular formula is C16H16Cl2N6O3S. The summed E-state index contributed by atoms with van der Waals surface area (Å²) in [7, 11) is -4.48. The van der Waals surface area contributed by atoms with Crippen LogP contribution in [0.2, 0.25) is 10.0 Å². The van der Waals surface area contributed by atoms with Crippen molar-refractivity contribution in [2.75, 3.05) is 24.4 Å². The van der Waals surface area contributed by atoms with Crippen molar-refractivity contribution >= 4 is 39.2 Å². The number of piperidine rings is 1. The van der Waals surface area contributed by atoms with Gasteiger partial charge in [-0.05, 0) is 25.0 Å². The maximum Gasteiger partial charge on any atom is 0.305 e. The summed E-state index contributed by atoms with van der Waals surface area (Å²) in [5.41, 5.74) is -0.423. The fourth-order valence-corrected chi connectivity index (χ4v) is 4.32. The van der Waals surface area contributed by atoms with E-state index in [2.05, 4.69) is 10.1 Å². The fourth-order valence-electron chi connectivity index (χ4n) is 2.81. The van der Waals surface area contributed by atoms with E-state index in [0.29, 0.717) is 0 Å². The molecular weight excluding hydrogens is 427 g/mol. The van der Waals surface area contributed by atoms with Crippen molar-refractivity contribution < 1.29 is 12.5 Å². The largest absolute Gasteiger partial charge is 0.305 e. The number of nitriles is 1. The molecule has 0 aliphatic carbocycles. The predicted molar refractivity (Wildman–Crippen MR) is 105 cm³/mol. The van der Waals surface area contributed by atoms with E-state index < -0.39 is 28.8 Å². The van der Waals surface area contributed by atoms with Gasteiger partial charge in [0.1, 0.15) is 16.9 Å². The second-order valence-corrected chi connectivity index (χ2v) is 8.54. The van der Waals surface area contributed by atoms with Crippen molar-refractivity contribution in [2.45, 2.75) is 18.9 Å². The van der Waals surface area contributed by atoms with Gasteiger partial charge >= 0.3 is 10.2 Å². The van der Waals surface area contributed by atoms with Crippen LogP contribution in [0, 0.1) is 11.3 Å². The fraction of sp³-hybridized carbons (Fsp3) is 0.375. The van der Waals surface area contributed by atoms with Crippen molar-refractivity contribution in [3.8, 4) is 6.07 Å². The summed E-state index contributed by atoms with van der Waals surface area (Å²) in [5, 5.41) is 12.7. The van der Waals surface area contributed by atoms with Crippen molar-refractivity contribution in [2.24, 2.45) is 0 Å². The van der Waals surface area contributed by atoms with Crippen LogP contribution in [-0.4, -0.2) is 47.6 Å². The minimum Gasteiger partial charge on any atom is -0.266 e. The molecule has 1 fully saturated rings. The first-order valence-electron chi connectivity index (χ1n) is 9.56. The molecule has 12 heteroatoms. The van der Waals surface area contributed by atoms with Gasteiger partial charge in [0.25, 0.3) is 5.56 Å². The third-order valence-corrected chi connectivity index (χ3v) is 6.73. The molecule has 0 saturated carbocycles. The summed E-state index contributed by atoms with van der Waals surface area (Å²) in [6.07, 6.45) is 2.75. The Kier molecular flexibility index (Phi) is 4.81. The van der Waals surface area contributed by atoms with E-state index in [1.165, 1.54) is 12.3 Å². The van der Waals surface area contributed by atoms with Crippen LogP contribution in [0.3, 0.4) is 0 Å². The van der Waals surface area contributed by atoms with E-state index >= 15 is 0 Å². The predicted octanol–water partition coefficient (Wildman–Crippen LogP) is 1.83. The molecule has 1 aliphatic heterocycles. The van der Waals surface area contributed by atoms with Crippen LogP contribution >= 0.6 is 23.2 Å². The number of nitrogens with zero attached hydrogens (tertiary/aromatic N) is 6. The van der Waals surface area contributed by atoms with Crippen molar-refractivity contribution in [1.82, 2.24) is 19.1 Å². The lowest BCUT2D eigenvalue weighted by molar-refractivity contribution is 0.255. The number of pyridine rings is 1. The number of hydrogen-bond acceptors (Lipinski definition) is 6. The number of rotatable bonds is 4. The first-order valence-corrected chi connectivity index (χ1v) is 10.2. The Bertz CT molecular complexity index is 1170. The molecule has 28 heavy (non-hydrogen) atoms. The molecule has 2 aromatic heterocycles. The van der Waals surface area contributed by atoms with Crippen molar-refractivity contribution in [3.63, 3.8) is 0 Å². The van der Waals surface area contributed by atoms with Crippen molar-refractivity contribution in [3.05, 3.63) is 50.5 Å². The summed E-state index contributed by atoms with van der Waals surface area (Å²) < 4.78 is 51.9. The molecule has 9 nitrogen and oxygen atoms in total. The molecule has 0 amide bonds. The molecule has 3 heterocycles. The molecule has 0 N–H and O–H groups in total. The number of aromatic nitrogens is 3. The van der Waals surface area contributed by atoms with Gasteiger partial charge in [0, 0.05) is 30.4 Å². The minimum absolute atomic E-state index is 0.0196. The Morgan fingerprint density at radius 1 is 1.32 bits per heavy atom. The molecule has 148 valence electrons. The average Bonchev–Trinajstić information content (AvgIpc) is 2.72. The van der Waals surface area contributed by atoms with Crippen molar-refractivity contribution in [1.29, 1.82) is 5.26 Å². The average molecular weight is 446 g/mol. The minimum atomic E-state index is -4.48. The third-order valence-electron chi connectivity index (χ3n) is 4.31. The normalized spacial score (nSPS) is 18.0. The third kappa shape index (κ3) is 3.84. The van der Waals surface area contributed by atoms with Gasteiger partial charge in [-0.25, -0.2) is 14.0 Å². The molecule has 0 aromatic carbocycles. The monoisotopic (exact) mass is 445 g/mol. The van der Waals surface area contributed by atoms with Gasteiger partial charge in [-0.15, -0.1) is 0 Å².